The maximum absolute atomic E-state index is 12.8. The molecule has 4 rings (SSSR count). The number of carbonyl (C=O) groups is 1. The first-order chi connectivity index (χ1) is 14.0. The number of benzene rings is 2. The smallest absolute Gasteiger partial charge is 0.257 e. The molecule has 29 heavy (non-hydrogen) atoms. The predicted molar refractivity (Wildman–Crippen MR) is 117 cm³/mol. The fourth-order valence-corrected chi connectivity index (χ4v) is 3.49. The van der Waals surface area contributed by atoms with Crippen LogP contribution in [0.1, 0.15) is 21.5 Å². The van der Waals surface area contributed by atoms with Crippen LogP contribution in [0, 0.1) is 6.92 Å². The van der Waals surface area contributed by atoms with Gasteiger partial charge >= 0.3 is 0 Å². The van der Waals surface area contributed by atoms with Gasteiger partial charge < -0.3 is 4.57 Å². The lowest BCUT2D eigenvalue weighted by Gasteiger charge is -2.09. The van der Waals surface area contributed by atoms with Crippen molar-refractivity contribution in [2.24, 2.45) is 7.05 Å². The zero-order valence-corrected chi connectivity index (χ0v) is 17.7. The molecule has 0 aliphatic rings. The summed E-state index contributed by atoms with van der Waals surface area (Å²) in [6.07, 6.45) is 5.40. The van der Waals surface area contributed by atoms with Crippen LogP contribution in [-0.4, -0.2) is 25.2 Å². The molecule has 0 aliphatic carbocycles. The molecule has 0 bridgehead atoms. The third-order valence-electron chi connectivity index (χ3n) is 4.77. The number of halogens is 1. The molecule has 0 unspecified atom stereocenters. The van der Waals surface area contributed by atoms with Gasteiger partial charge in [-0.05, 0) is 42.3 Å². The second kappa shape index (κ2) is 8.05. The van der Waals surface area contributed by atoms with Crippen LogP contribution in [0.2, 0.25) is 0 Å². The van der Waals surface area contributed by atoms with E-state index in [-0.39, 0.29) is 5.91 Å². The van der Waals surface area contributed by atoms with E-state index in [0.29, 0.717) is 18.1 Å². The van der Waals surface area contributed by atoms with E-state index in [0.717, 1.165) is 21.3 Å². The van der Waals surface area contributed by atoms with Gasteiger partial charge in [0, 0.05) is 35.0 Å². The summed E-state index contributed by atoms with van der Waals surface area (Å²) in [7, 11) is 1.89. The Balaban J connectivity index is 1.53. The number of anilines is 1. The summed E-state index contributed by atoms with van der Waals surface area (Å²) < 4.78 is 4.74. The molecule has 4 aromatic rings. The van der Waals surface area contributed by atoms with Crippen LogP contribution in [0.3, 0.4) is 0 Å². The van der Waals surface area contributed by atoms with Crippen LogP contribution in [0.4, 0.5) is 5.95 Å². The highest BCUT2D eigenvalue weighted by Gasteiger charge is 2.14. The van der Waals surface area contributed by atoms with Gasteiger partial charge in [0.2, 0.25) is 5.95 Å². The van der Waals surface area contributed by atoms with Crippen molar-refractivity contribution >= 4 is 27.8 Å². The summed E-state index contributed by atoms with van der Waals surface area (Å²) in [5, 5.41) is 7.12. The van der Waals surface area contributed by atoms with Gasteiger partial charge in [-0.1, -0.05) is 40.2 Å². The Bertz CT molecular complexity index is 1160. The van der Waals surface area contributed by atoms with Gasteiger partial charge in [-0.15, -0.1) is 0 Å². The Morgan fingerprint density at radius 3 is 2.79 bits per heavy atom. The minimum Gasteiger partial charge on any atom is -0.313 e. The van der Waals surface area contributed by atoms with Gasteiger partial charge in [-0.25, -0.2) is 4.98 Å². The van der Waals surface area contributed by atoms with Crippen LogP contribution in [0.5, 0.6) is 0 Å². The first-order valence-corrected chi connectivity index (χ1v) is 9.96. The average Bonchev–Trinajstić information content (AvgIpc) is 3.35. The number of hydrogen-bond acceptors (Lipinski definition) is 3. The molecule has 0 radical (unpaired) electrons. The summed E-state index contributed by atoms with van der Waals surface area (Å²) in [4.78, 5) is 17.2. The number of imidazole rings is 1. The Morgan fingerprint density at radius 2 is 2.03 bits per heavy atom. The molecule has 0 saturated heterocycles. The summed E-state index contributed by atoms with van der Waals surface area (Å²) in [5.41, 5.74) is 4.70. The summed E-state index contributed by atoms with van der Waals surface area (Å²) in [5.74, 6) is 0.303. The monoisotopic (exact) mass is 449 g/mol. The number of nitrogens with zero attached hydrogens (tertiary/aromatic N) is 4. The Morgan fingerprint density at radius 1 is 1.17 bits per heavy atom. The molecule has 0 fully saturated rings. The van der Waals surface area contributed by atoms with Crippen molar-refractivity contribution in [1.82, 2.24) is 19.3 Å². The molecule has 7 heteroatoms. The molecule has 0 saturated carbocycles. The maximum atomic E-state index is 12.8. The molecule has 1 amide bonds. The van der Waals surface area contributed by atoms with Crippen molar-refractivity contribution in [2.75, 3.05) is 5.32 Å². The molecular formula is C22H20BrN5O. The predicted octanol–water partition coefficient (Wildman–Crippen LogP) is 4.66. The van der Waals surface area contributed by atoms with Crippen molar-refractivity contribution < 1.29 is 4.79 Å². The van der Waals surface area contributed by atoms with E-state index in [4.69, 9.17) is 0 Å². The highest BCUT2D eigenvalue weighted by molar-refractivity contribution is 9.10. The van der Waals surface area contributed by atoms with E-state index in [1.165, 1.54) is 5.56 Å². The molecule has 0 spiro atoms. The lowest BCUT2D eigenvalue weighted by molar-refractivity contribution is 0.102. The Hall–Kier alpha value is -3.19. The molecule has 0 aliphatic heterocycles. The number of hydrogen-bond donors (Lipinski definition) is 1. The molecule has 6 nitrogen and oxygen atoms in total. The first kappa shape index (κ1) is 19.1. The third-order valence-corrected chi connectivity index (χ3v) is 5.63. The van der Waals surface area contributed by atoms with E-state index in [2.05, 4.69) is 43.5 Å². The van der Waals surface area contributed by atoms with Crippen molar-refractivity contribution in [1.29, 1.82) is 0 Å². The van der Waals surface area contributed by atoms with Crippen LogP contribution in [-0.2, 0) is 13.6 Å². The number of aromatic nitrogens is 4. The first-order valence-electron chi connectivity index (χ1n) is 9.17. The molecule has 146 valence electrons. The molecule has 0 atom stereocenters. The highest BCUT2D eigenvalue weighted by Crippen LogP contribution is 2.27. The van der Waals surface area contributed by atoms with E-state index >= 15 is 0 Å². The quantitative estimate of drug-likeness (QED) is 0.481. The summed E-state index contributed by atoms with van der Waals surface area (Å²) in [6.45, 7) is 2.66. The largest absolute Gasteiger partial charge is 0.313 e. The normalized spacial score (nSPS) is 10.9. The van der Waals surface area contributed by atoms with Gasteiger partial charge in [0.1, 0.15) is 0 Å². The number of aryl methyl sites for hydroxylation is 1. The fourth-order valence-electron chi connectivity index (χ4n) is 3.11. The van der Waals surface area contributed by atoms with Crippen molar-refractivity contribution in [3.63, 3.8) is 0 Å². The van der Waals surface area contributed by atoms with Crippen LogP contribution in [0.15, 0.2) is 71.6 Å². The molecule has 1 N–H and O–H groups in total. The molecule has 2 heterocycles. The standard InChI is InChI=1S/C22H20BrN5O/c1-15-7-8-17(12-19(15)23)20-13-24-22(27(20)2)26-21(29)18-6-3-5-16(11-18)14-28-10-4-9-25-28/h3-13H,14H2,1-2H3,(H,24,26,29). The van der Waals surface area contributed by atoms with Crippen LogP contribution < -0.4 is 5.32 Å². The summed E-state index contributed by atoms with van der Waals surface area (Å²) >= 11 is 3.57. The lowest BCUT2D eigenvalue weighted by Crippen LogP contribution is -2.15. The van der Waals surface area contributed by atoms with E-state index in [1.807, 2.05) is 59.7 Å². The average molecular weight is 450 g/mol. The topological polar surface area (TPSA) is 64.7 Å². The molecular weight excluding hydrogens is 430 g/mol. The van der Waals surface area contributed by atoms with E-state index in [1.54, 1.807) is 18.5 Å². The van der Waals surface area contributed by atoms with Gasteiger partial charge in [0.15, 0.2) is 0 Å². The van der Waals surface area contributed by atoms with Crippen molar-refractivity contribution in [2.45, 2.75) is 13.5 Å². The maximum Gasteiger partial charge on any atom is 0.257 e. The highest BCUT2D eigenvalue weighted by atomic mass is 79.9. The fraction of sp³-hybridized carbons (Fsp3) is 0.136. The van der Waals surface area contributed by atoms with Crippen LogP contribution >= 0.6 is 15.9 Å². The van der Waals surface area contributed by atoms with Gasteiger partial charge in [-0.3, -0.25) is 14.8 Å². The number of nitrogens with one attached hydrogen (secondary N) is 1. The van der Waals surface area contributed by atoms with Crippen molar-refractivity contribution in [3.8, 4) is 11.3 Å². The lowest BCUT2D eigenvalue weighted by atomic mass is 10.1. The van der Waals surface area contributed by atoms with Crippen molar-refractivity contribution in [3.05, 3.63) is 88.3 Å². The van der Waals surface area contributed by atoms with Gasteiger partial charge in [-0.2, -0.15) is 5.10 Å². The number of amides is 1. The Labute approximate surface area is 177 Å². The number of carbonyl (C=O) groups excluding carboxylic acids is 1. The molecule has 2 aromatic carbocycles. The second-order valence-electron chi connectivity index (χ2n) is 6.85. The minimum absolute atomic E-state index is 0.197. The summed E-state index contributed by atoms with van der Waals surface area (Å²) in [6, 6.07) is 15.5. The molecule has 2 aromatic heterocycles. The van der Waals surface area contributed by atoms with Gasteiger partial charge in [0.05, 0.1) is 18.4 Å². The van der Waals surface area contributed by atoms with Crippen LogP contribution in [0.25, 0.3) is 11.3 Å². The Kier molecular flexibility index (Phi) is 5.31. The van der Waals surface area contributed by atoms with E-state index in [9.17, 15) is 4.79 Å². The SMILES string of the molecule is Cc1ccc(-c2cnc(NC(=O)c3cccc(Cn4cccn4)c3)n2C)cc1Br. The minimum atomic E-state index is -0.197. The number of rotatable bonds is 5. The van der Waals surface area contributed by atoms with E-state index < -0.39 is 0 Å². The third kappa shape index (κ3) is 4.14. The van der Waals surface area contributed by atoms with Gasteiger partial charge in [0.25, 0.3) is 5.91 Å². The second-order valence-corrected chi connectivity index (χ2v) is 7.70. The zero-order chi connectivity index (χ0) is 20.4. The zero-order valence-electron chi connectivity index (χ0n) is 16.1.